The van der Waals surface area contributed by atoms with Crippen molar-refractivity contribution in [2.24, 2.45) is 5.92 Å². The fourth-order valence-electron chi connectivity index (χ4n) is 4.45. The molecule has 168 valence electrons. The van der Waals surface area contributed by atoms with Crippen LogP contribution in [-0.4, -0.2) is 49.7 Å². The predicted molar refractivity (Wildman–Crippen MR) is 124 cm³/mol. The van der Waals surface area contributed by atoms with Gasteiger partial charge in [-0.25, -0.2) is 8.42 Å². The SMILES string of the molecule is CC1CCCN(Cc2ccc(CNC(=O)c3sccc3S(=O)(=O)N3CCCC3)cc2)C1. The summed E-state index contributed by atoms with van der Waals surface area (Å²) in [5, 5.41) is 4.56. The zero-order valence-electron chi connectivity index (χ0n) is 18.0. The highest BCUT2D eigenvalue weighted by molar-refractivity contribution is 7.89. The highest BCUT2D eigenvalue weighted by atomic mass is 32.2. The van der Waals surface area contributed by atoms with Crippen LogP contribution in [0, 0.1) is 5.92 Å². The van der Waals surface area contributed by atoms with Gasteiger partial charge in [0.05, 0.1) is 0 Å². The van der Waals surface area contributed by atoms with Crippen molar-refractivity contribution >= 4 is 27.3 Å². The maximum absolute atomic E-state index is 12.9. The van der Waals surface area contributed by atoms with Gasteiger partial charge in [-0.2, -0.15) is 4.31 Å². The molecule has 1 aromatic heterocycles. The van der Waals surface area contributed by atoms with Crippen LogP contribution < -0.4 is 5.32 Å². The fourth-order valence-corrected chi connectivity index (χ4v) is 7.28. The summed E-state index contributed by atoms with van der Waals surface area (Å²) < 4.78 is 27.2. The Morgan fingerprint density at radius 3 is 2.48 bits per heavy atom. The third kappa shape index (κ3) is 5.37. The van der Waals surface area contributed by atoms with Crippen molar-refractivity contribution in [3.8, 4) is 0 Å². The Bertz CT molecular complexity index is 995. The van der Waals surface area contributed by atoms with Gasteiger partial charge in [0, 0.05) is 32.7 Å². The smallest absolute Gasteiger partial charge is 0.263 e. The molecule has 2 saturated heterocycles. The first kappa shape index (κ1) is 22.5. The van der Waals surface area contributed by atoms with E-state index in [0.29, 0.717) is 19.6 Å². The van der Waals surface area contributed by atoms with Crippen LogP contribution in [0.3, 0.4) is 0 Å². The summed E-state index contributed by atoms with van der Waals surface area (Å²) in [5.41, 5.74) is 2.28. The summed E-state index contributed by atoms with van der Waals surface area (Å²) in [6.07, 6.45) is 4.33. The quantitative estimate of drug-likeness (QED) is 0.683. The van der Waals surface area contributed by atoms with E-state index in [4.69, 9.17) is 0 Å². The second-order valence-corrected chi connectivity index (χ2v) is 11.5. The van der Waals surface area contributed by atoms with Crippen LogP contribution in [0.2, 0.25) is 0 Å². The van der Waals surface area contributed by atoms with E-state index in [-0.39, 0.29) is 15.7 Å². The molecule has 8 heteroatoms. The van der Waals surface area contributed by atoms with Crippen LogP contribution in [0.25, 0.3) is 0 Å². The average molecular weight is 462 g/mol. The van der Waals surface area contributed by atoms with Crippen molar-refractivity contribution in [1.29, 1.82) is 0 Å². The zero-order chi connectivity index (χ0) is 21.8. The molecule has 2 fully saturated rings. The molecular formula is C23H31N3O3S2. The number of rotatable bonds is 7. The largest absolute Gasteiger partial charge is 0.347 e. The van der Waals surface area contributed by atoms with Crippen LogP contribution in [0.5, 0.6) is 0 Å². The van der Waals surface area contributed by atoms with Crippen LogP contribution in [0.15, 0.2) is 40.6 Å². The first-order valence-corrected chi connectivity index (χ1v) is 13.4. The Morgan fingerprint density at radius 2 is 1.77 bits per heavy atom. The molecule has 1 atom stereocenters. The molecule has 1 N–H and O–H groups in total. The number of amides is 1. The van der Waals surface area contributed by atoms with Crippen molar-refractivity contribution in [3.05, 3.63) is 51.7 Å². The first-order valence-electron chi connectivity index (χ1n) is 11.1. The summed E-state index contributed by atoms with van der Waals surface area (Å²) in [6.45, 7) is 7.02. The monoisotopic (exact) mass is 461 g/mol. The van der Waals surface area contributed by atoms with Crippen molar-refractivity contribution in [1.82, 2.24) is 14.5 Å². The van der Waals surface area contributed by atoms with E-state index >= 15 is 0 Å². The van der Waals surface area contributed by atoms with Crippen LogP contribution in [0.4, 0.5) is 0 Å². The molecule has 2 aromatic rings. The van der Waals surface area contributed by atoms with Gasteiger partial charge in [-0.15, -0.1) is 11.3 Å². The molecule has 0 bridgehead atoms. The highest BCUT2D eigenvalue weighted by Crippen LogP contribution is 2.27. The number of carbonyl (C=O) groups excluding carboxylic acids is 1. The van der Waals surface area contributed by atoms with Gasteiger partial charge in [0.25, 0.3) is 5.91 Å². The molecular weight excluding hydrogens is 430 g/mol. The van der Waals surface area contributed by atoms with Gasteiger partial charge in [-0.1, -0.05) is 31.2 Å². The Labute approximate surface area is 189 Å². The van der Waals surface area contributed by atoms with Crippen molar-refractivity contribution in [2.75, 3.05) is 26.2 Å². The highest BCUT2D eigenvalue weighted by Gasteiger charge is 2.31. The van der Waals surface area contributed by atoms with Gasteiger partial charge < -0.3 is 5.32 Å². The number of nitrogens with zero attached hydrogens (tertiary/aromatic N) is 2. The maximum atomic E-state index is 12.9. The number of piperidine rings is 1. The molecule has 1 amide bonds. The average Bonchev–Trinajstić information content (AvgIpc) is 3.46. The third-order valence-corrected chi connectivity index (χ3v) is 9.12. The second kappa shape index (κ2) is 9.81. The van der Waals surface area contributed by atoms with Gasteiger partial charge in [0.2, 0.25) is 10.0 Å². The lowest BCUT2D eigenvalue weighted by molar-refractivity contribution is 0.0952. The molecule has 2 aliphatic rings. The number of hydrogen-bond donors (Lipinski definition) is 1. The molecule has 0 aliphatic carbocycles. The number of hydrogen-bond acceptors (Lipinski definition) is 5. The Balaban J connectivity index is 1.35. The number of nitrogens with one attached hydrogen (secondary N) is 1. The lowest BCUT2D eigenvalue weighted by Gasteiger charge is -2.30. The zero-order valence-corrected chi connectivity index (χ0v) is 19.7. The Kier molecular flexibility index (Phi) is 7.11. The summed E-state index contributed by atoms with van der Waals surface area (Å²) >= 11 is 1.18. The number of likely N-dealkylation sites (tertiary alicyclic amines) is 1. The van der Waals surface area contributed by atoms with E-state index in [2.05, 4.69) is 29.3 Å². The predicted octanol–water partition coefficient (Wildman–Crippen LogP) is 3.69. The van der Waals surface area contributed by atoms with E-state index in [1.807, 2.05) is 12.1 Å². The van der Waals surface area contributed by atoms with Crippen LogP contribution in [-0.2, 0) is 23.1 Å². The van der Waals surface area contributed by atoms with Crippen molar-refractivity contribution < 1.29 is 13.2 Å². The van der Waals surface area contributed by atoms with Gasteiger partial charge in [-0.3, -0.25) is 9.69 Å². The molecule has 3 heterocycles. The van der Waals surface area contributed by atoms with Gasteiger partial charge in [0.15, 0.2) is 0 Å². The fraction of sp³-hybridized carbons (Fsp3) is 0.522. The number of sulfonamides is 1. The van der Waals surface area contributed by atoms with E-state index in [1.54, 1.807) is 11.4 Å². The van der Waals surface area contributed by atoms with E-state index in [9.17, 15) is 13.2 Å². The summed E-state index contributed by atoms with van der Waals surface area (Å²) in [7, 11) is -3.60. The molecule has 1 aromatic carbocycles. The van der Waals surface area contributed by atoms with Gasteiger partial charge in [0.1, 0.15) is 9.77 Å². The minimum atomic E-state index is -3.60. The second-order valence-electron chi connectivity index (χ2n) is 8.71. The molecule has 4 rings (SSSR count). The molecule has 0 saturated carbocycles. The van der Waals surface area contributed by atoms with Crippen molar-refractivity contribution in [2.45, 2.75) is 50.6 Å². The normalized spacial score (nSPS) is 20.7. The lowest BCUT2D eigenvalue weighted by Crippen LogP contribution is -2.33. The standard InChI is InChI=1S/C23H31N3O3S2/c1-18-5-4-11-25(16-18)17-20-8-6-19(7-9-20)15-24-23(27)22-21(10-14-30-22)31(28,29)26-12-2-3-13-26/h6-10,14,18H,2-5,11-13,15-17H2,1H3,(H,24,27). The van der Waals surface area contributed by atoms with E-state index in [1.165, 1.54) is 34.0 Å². The molecule has 0 spiro atoms. The Hall–Kier alpha value is -1.74. The summed E-state index contributed by atoms with van der Waals surface area (Å²) in [4.78, 5) is 15.6. The third-order valence-electron chi connectivity index (χ3n) is 6.14. The summed E-state index contributed by atoms with van der Waals surface area (Å²) in [6, 6.07) is 9.87. The molecule has 2 aliphatic heterocycles. The molecule has 31 heavy (non-hydrogen) atoms. The van der Waals surface area contributed by atoms with Crippen molar-refractivity contribution in [3.63, 3.8) is 0 Å². The summed E-state index contributed by atoms with van der Waals surface area (Å²) in [5.74, 6) is 0.429. The van der Waals surface area contributed by atoms with Gasteiger partial charge >= 0.3 is 0 Å². The number of benzene rings is 1. The maximum Gasteiger partial charge on any atom is 0.263 e. The first-order chi connectivity index (χ1) is 14.9. The van der Waals surface area contributed by atoms with E-state index < -0.39 is 10.0 Å². The minimum absolute atomic E-state index is 0.128. The Morgan fingerprint density at radius 1 is 1.06 bits per heavy atom. The minimum Gasteiger partial charge on any atom is -0.347 e. The van der Waals surface area contributed by atoms with Crippen LogP contribution in [0.1, 0.15) is 53.4 Å². The topological polar surface area (TPSA) is 69.7 Å². The van der Waals surface area contributed by atoms with E-state index in [0.717, 1.165) is 44.0 Å². The van der Waals surface area contributed by atoms with Crippen LogP contribution >= 0.6 is 11.3 Å². The molecule has 6 nitrogen and oxygen atoms in total. The molecule has 1 unspecified atom stereocenters. The lowest BCUT2D eigenvalue weighted by atomic mass is 9.99. The molecule has 0 radical (unpaired) electrons. The number of thiophene rings is 1. The van der Waals surface area contributed by atoms with Gasteiger partial charge in [-0.05, 0) is 60.7 Å². The number of carbonyl (C=O) groups is 1.